The van der Waals surface area contributed by atoms with E-state index >= 15 is 0 Å². The van der Waals surface area contributed by atoms with Crippen LogP contribution in [0.4, 0.5) is 0 Å². The molecule has 0 atom stereocenters. The SMILES string of the molecule is CC#CC1=Cc2ccccc21. The molecule has 0 nitrogen and oxygen atoms in total. The Labute approximate surface area is 66.6 Å². The molecular weight excluding hydrogens is 132 g/mol. The Morgan fingerprint density at radius 1 is 1.18 bits per heavy atom. The van der Waals surface area contributed by atoms with Crippen LogP contribution in [0.5, 0.6) is 0 Å². The Morgan fingerprint density at radius 3 is 2.73 bits per heavy atom. The van der Waals surface area contributed by atoms with Gasteiger partial charge in [0, 0.05) is 5.57 Å². The molecule has 0 spiro atoms. The number of hydrogen-bond donors (Lipinski definition) is 0. The van der Waals surface area contributed by atoms with Crippen molar-refractivity contribution in [3.05, 3.63) is 35.4 Å². The van der Waals surface area contributed by atoms with E-state index in [1.54, 1.807) is 0 Å². The zero-order chi connectivity index (χ0) is 7.68. The maximum absolute atomic E-state index is 3.05. The van der Waals surface area contributed by atoms with Gasteiger partial charge in [-0.25, -0.2) is 0 Å². The van der Waals surface area contributed by atoms with Gasteiger partial charge in [0.2, 0.25) is 0 Å². The van der Waals surface area contributed by atoms with Crippen LogP contribution < -0.4 is 0 Å². The van der Waals surface area contributed by atoms with Gasteiger partial charge in [-0.1, -0.05) is 30.2 Å². The molecule has 0 heteroatoms. The highest BCUT2D eigenvalue weighted by Crippen LogP contribution is 2.30. The van der Waals surface area contributed by atoms with Crippen molar-refractivity contribution in [2.75, 3.05) is 0 Å². The molecule has 0 bridgehead atoms. The van der Waals surface area contributed by atoms with Crippen LogP contribution in [0.3, 0.4) is 0 Å². The Balaban J connectivity index is 2.43. The Hall–Kier alpha value is -1.48. The van der Waals surface area contributed by atoms with Crippen molar-refractivity contribution in [3.63, 3.8) is 0 Å². The van der Waals surface area contributed by atoms with Gasteiger partial charge in [0.05, 0.1) is 0 Å². The third kappa shape index (κ3) is 0.860. The Kier molecular flexibility index (Phi) is 1.30. The number of rotatable bonds is 0. The molecule has 0 heterocycles. The maximum atomic E-state index is 3.05. The van der Waals surface area contributed by atoms with E-state index in [9.17, 15) is 0 Å². The predicted octanol–water partition coefficient (Wildman–Crippen LogP) is 2.56. The maximum Gasteiger partial charge on any atom is 0.0329 e. The largest absolute Gasteiger partial charge is 0.101 e. The minimum absolute atomic E-state index is 1.17. The highest BCUT2D eigenvalue weighted by atomic mass is 14.1. The fourth-order valence-corrected chi connectivity index (χ4v) is 1.26. The second-order valence-electron chi connectivity index (χ2n) is 2.52. The second-order valence-corrected chi connectivity index (χ2v) is 2.52. The molecular formula is C11H8. The van der Waals surface area contributed by atoms with Crippen molar-refractivity contribution in [2.24, 2.45) is 0 Å². The average Bonchev–Trinajstić information content (AvgIpc) is 2.01. The molecule has 52 valence electrons. The summed E-state index contributed by atoms with van der Waals surface area (Å²) in [5, 5.41) is 0. The van der Waals surface area contributed by atoms with Gasteiger partial charge in [-0.15, -0.1) is 5.92 Å². The Morgan fingerprint density at radius 2 is 2.00 bits per heavy atom. The summed E-state index contributed by atoms with van der Waals surface area (Å²) in [5.41, 5.74) is 3.77. The van der Waals surface area contributed by atoms with Crippen LogP contribution in [-0.2, 0) is 0 Å². The molecule has 1 aromatic carbocycles. The minimum atomic E-state index is 1.17. The van der Waals surface area contributed by atoms with Crippen LogP contribution in [0.2, 0.25) is 0 Å². The van der Waals surface area contributed by atoms with E-state index in [1.165, 1.54) is 16.7 Å². The van der Waals surface area contributed by atoms with Crippen molar-refractivity contribution >= 4 is 11.6 Å². The van der Waals surface area contributed by atoms with Crippen LogP contribution in [0.15, 0.2) is 24.3 Å². The number of fused-ring (bicyclic) bond motifs is 1. The van der Waals surface area contributed by atoms with Crippen LogP contribution in [0, 0.1) is 11.8 Å². The molecule has 0 radical (unpaired) electrons. The predicted molar refractivity (Wildman–Crippen MR) is 47.8 cm³/mol. The summed E-state index contributed by atoms with van der Waals surface area (Å²) in [6.07, 6.45) is 2.12. The van der Waals surface area contributed by atoms with E-state index in [-0.39, 0.29) is 0 Å². The summed E-state index contributed by atoms with van der Waals surface area (Å²) in [7, 11) is 0. The highest BCUT2D eigenvalue weighted by molar-refractivity contribution is 6.02. The molecule has 1 aliphatic carbocycles. The summed E-state index contributed by atoms with van der Waals surface area (Å²) >= 11 is 0. The normalized spacial score (nSPS) is 11.9. The van der Waals surface area contributed by atoms with Crippen molar-refractivity contribution in [2.45, 2.75) is 6.92 Å². The van der Waals surface area contributed by atoms with Gasteiger partial charge in [-0.3, -0.25) is 0 Å². The zero-order valence-electron chi connectivity index (χ0n) is 6.39. The molecule has 0 fully saturated rings. The molecule has 0 aromatic heterocycles. The number of hydrogen-bond acceptors (Lipinski definition) is 0. The summed E-state index contributed by atoms with van der Waals surface area (Å²) in [4.78, 5) is 0. The number of allylic oxidation sites excluding steroid dienone is 1. The van der Waals surface area contributed by atoms with Gasteiger partial charge >= 0.3 is 0 Å². The van der Waals surface area contributed by atoms with Gasteiger partial charge in [-0.2, -0.15) is 0 Å². The molecule has 1 aromatic rings. The first kappa shape index (κ1) is 6.24. The third-order valence-corrected chi connectivity index (χ3v) is 1.81. The lowest BCUT2D eigenvalue weighted by atomic mass is 9.89. The van der Waals surface area contributed by atoms with Crippen LogP contribution in [0.25, 0.3) is 11.6 Å². The number of benzene rings is 1. The molecule has 11 heavy (non-hydrogen) atoms. The van der Waals surface area contributed by atoms with Crippen molar-refractivity contribution in [3.8, 4) is 11.8 Å². The first-order valence-electron chi connectivity index (χ1n) is 3.65. The van der Waals surface area contributed by atoms with E-state index in [2.05, 4.69) is 30.0 Å². The van der Waals surface area contributed by atoms with Gasteiger partial charge in [0.1, 0.15) is 0 Å². The molecule has 0 N–H and O–H groups in total. The molecule has 0 saturated carbocycles. The smallest absolute Gasteiger partial charge is 0.0329 e. The van der Waals surface area contributed by atoms with Crippen molar-refractivity contribution < 1.29 is 0 Å². The lowest BCUT2D eigenvalue weighted by molar-refractivity contribution is 1.55. The van der Waals surface area contributed by atoms with Crippen LogP contribution >= 0.6 is 0 Å². The molecule has 0 unspecified atom stereocenters. The van der Waals surface area contributed by atoms with Gasteiger partial charge in [-0.05, 0) is 24.1 Å². The average molecular weight is 140 g/mol. The second kappa shape index (κ2) is 2.29. The van der Waals surface area contributed by atoms with E-state index < -0.39 is 0 Å². The fourth-order valence-electron chi connectivity index (χ4n) is 1.26. The molecule has 0 aliphatic heterocycles. The van der Waals surface area contributed by atoms with E-state index in [4.69, 9.17) is 0 Å². The molecule has 0 saturated heterocycles. The summed E-state index contributed by atoms with van der Waals surface area (Å²) in [6.45, 7) is 1.86. The summed E-state index contributed by atoms with van der Waals surface area (Å²) < 4.78 is 0. The van der Waals surface area contributed by atoms with Gasteiger partial charge in [0.15, 0.2) is 0 Å². The van der Waals surface area contributed by atoms with E-state index in [0.717, 1.165) is 0 Å². The first-order valence-corrected chi connectivity index (χ1v) is 3.65. The zero-order valence-corrected chi connectivity index (χ0v) is 6.39. The Bertz CT molecular complexity index is 373. The molecule has 2 rings (SSSR count). The topological polar surface area (TPSA) is 0 Å². The summed E-state index contributed by atoms with van der Waals surface area (Å²) in [6, 6.07) is 8.31. The lowest BCUT2D eigenvalue weighted by Gasteiger charge is -2.14. The summed E-state index contributed by atoms with van der Waals surface area (Å²) in [5.74, 6) is 5.94. The van der Waals surface area contributed by atoms with Gasteiger partial charge < -0.3 is 0 Å². The van der Waals surface area contributed by atoms with Crippen molar-refractivity contribution in [1.82, 2.24) is 0 Å². The highest BCUT2D eigenvalue weighted by Gasteiger charge is 2.11. The van der Waals surface area contributed by atoms with E-state index in [0.29, 0.717) is 0 Å². The molecule has 0 amide bonds. The first-order chi connectivity index (χ1) is 5.42. The lowest BCUT2D eigenvalue weighted by Crippen LogP contribution is -1.95. The van der Waals surface area contributed by atoms with Gasteiger partial charge in [0.25, 0.3) is 0 Å². The van der Waals surface area contributed by atoms with Crippen molar-refractivity contribution in [1.29, 1.82) is 0 Å². The van der Waals surface area contributed by atoms with E-state index in [1.807, 2.05) is 19.1 Å². The fraction of sp³-hybridized carbons (Fsp3) is 0.0909. The third-order valence-electron chi connectivity index (χ3n) is 1.81. The minimum Gasteiger partial charge on any atom is -0.101 e. The quantitative estimate of drug-likeness (QED) is 0.486. The molecule has 1 aliphatic rings. The van der Waals surface area contributed by atoms with Crippen LogP contribution in [0.1, 0.15) is 18.1 Å². The monoisotopic (exact) mass is 140 g/mol. The van der Waals surface area contributed by atoms with Crippen LogP contribution in [-0.4, -0.2) is 0 Å². The standard InChI is InChI=1S/C11H8/c1-2-5-9-8-10-6-3-4-7-11(9)10/h3-4,6-8H,1H3.